The highest BCUT2D eigenvalue weighted by Gasteiger charge is 2.44. The number of aliphatic hydroxyl groups is 4. The third-order valence-electron chi connectivity index (χ3n) is 7.49. The molecule has 178 valence electrons. The van der Waals surface area contributed by atoms with Gasteiger partial charge in [0.25, 0.3) is 0 Å². The highest BCUT2D eigenvalue weighted by Crippen LogP contribution is 2.45. The first kappa shape index (κ1) is 22.6. The van der Waals surface area contributed by atoms with E-state index in [-0.39, 0.29) is 5.60 Å². The van der Waals surface area contributed by atoms with Crippen LogP contribution in [-0.4, -0.2) is 64.2 Å². The summed E-state index contributed by atoms with van der Waals surface area (Å²) in [6.07, 6.45) is 0.326. The molecule has 2 fully saturated rings. The molecule has 7 nitrogen and oxygen atoms in total. The maximum Gasteiger partial charge on any atom is 0.123 e. The molecule has 1 unspecified atom stereocenters. The van der Waals surface area contributed by atoms with E-state index < -0.39 is 37.1 Å². The Balaban J connectivity index is 1.39. The normalized spacial score (nSPS) is 30.3. The average molecular weight is 457 g/mol. The maximum atomic E-state index is 10.5. The zero-order valence-corrected chi connectivity index (χ0v) is 18.8. The van der Waals surface area contributed by atoms with Gasteiger partial charge in [0, 0.05) is 6.42 Å². The molecule has 2 aromatic rings. The predicted molar refractivity (Wildman–Crippen MR) is 120 cm³/mol. The summed E-state index contributed by atoms with van der Waals surface area (Å²) in [4.78, 5) is 0. The topological polar surface area (TPSA) is 109 Å². The van der Waals surface area contributed by atoms with Gasteiger partial charge >= 0.3 is 0 Å². The lowest BCUT2D eigenvalue weighted by Crippen LogP contribution is -2.55. The number of fused-ring (bicyclic) bond motifs is 1. The van der Waals surface area contributed by atoms with Crippen LogP contribution >= 0.6 is 0 Å². The van der Waals surface area contributed by atoms with Crippen LogP contribution in [0.1, 0.15) is 54.0 Å². The molecular formula is C26H32O7. The summed E-state index contributed by atoms with van der Waals surface area (Å²) in [5, 5.41) is 40.3. The summed E-state index contributed by atoms with van der Waals surface area (Å²) in [6, 6.07) is 11.8. The van der Waals surface area contributed by atoms with E-state index >= 15 is 0 Å². The minimum absolute atomic E-state index is 0.0669. The molecule has 0 bridgehead atoms. The van der Waals surface area contributed by atoms with E-state index in [2.05, 4.69) is 18.2 Å². The van der Waals surface area contributed by atoms with Crippen molar-refractivity contribution in [2.24, 2.45) is 0 Å². The van der Waals surface area contributed by atoms with Gasteiger partial charge in [-0.1, -0.05) is 18.2 Å². The maximum absolute atomic E-state index is 10.5. The van der Waals surface area contributed by atoms with Crippen LogP contribution in [0.4, 0.5) is 0 Å². The Kier molecular flexibility index (Phi) is 6.09. The molecule has 1 spiro atoms. The summed E-state index contributed by atoms with van der Waals surface area (Å²) in [5.41, 5.74) is 3.99. The fourth-order valence-electron chi connectivity index (χ4n) is 5.32. The van der Waals surface area contributed by atoms with E-state index in [0.717, 1.165) is 42.6 Å². The van der Waals surface area contributed by atoms with Crippen molar-refractivity contribution in [3.63, 3.8) is 0 Å². The van der Waals surface area contributed by atoms with Crippen molar-refractivity contribution in [1.82, 2.24) is 0 Å². The molecule has 33 heavy (non-hydrogen) atoms. The minimum Gasteiger partial charge on any atom is -0.496 e. The van der Waals surface area contributed by atoms with Crippen molar-refractivity contribution in [2.45, 2.75) is 74.6 Å². The van der Waals surface area contributed by atoms with Gasteiger partial charge in [-0.05, 0) is 72.6 Å². The van der Waals surface area contributed by atoms with Gasteiger partial charge in [0.15, 0.2) is 0 Å². The lowest BCUT2D eigenvalue weighted by Gasteiger charge is -2.45. The monoisotopic (exact) mass is 456 g/mol. The fourth-order valence-corrected chi connectivity index (χ4v) is 5.32. The highest BCUT2D eigenvalue weighted by atomic mass is 16.5. The molecule has 0 amide bonds. The van der Waals surface area contributed by atoms with Crippen molar-refractivity contribution in [2.75, 3.05) is 13.7 Å². The quantitative estimate of drug-likeness (QED) is 0.545. The SMILES string of the molecule is COc1ccc(C2O[C@H](CO)[C@@H](O)[C@H](O)[C@H]2O)cc1Cc1ccc2c(c1)CCC1(CCC1)O2. The second-order valence-electron chi connectivity index (χ2n) is 9.58. The third-order valence-corrected chi connectivity index (χ3v) is 7.49. The van der Waals surface area contributed by atoms with Gasteiger partial charge in [-0.25, -0.2) is 0 Å². The van der Waals surface area contributed by atoms with Crippen LogP contribution < -0.4 is 9.47 Å². The van der Waals surface area contributed by atoms with Gasteiger partial charge in [0.1, 0.15) is 47.6 Å². The Bertz CT molecular complexity index is 1000. The highest BCUT2D eigenvalue weighted by molar-refractivity contribution is 5.45. The molecule has 0 radical (unpaired) electrons. The summed E-state index contributed by atoms with van der Waals surface area (Å²) in [5.74, 6) is 1.71. The average Bonchev–Trinajstić information content (AvgIpc) is 2.81. The van der Waals surface area contributed by atoms with Crippen LogP contribution in [0.5, 0.6) is 11.5 Å². The zero-order valence-electron chi connectivity index (χ0n) is 18.8. The van der Waals surface area contributed by atoms with Crippen LogP contribution in [0, 0.1) is 0 Å². The van der Waals surface area contributed by atoms with E-state index in [0.29, 0.717) is 17.7 Å². The number of methoxy groups -OCH3 is 1. The van der Waals surface area contributed by atoms with E-state index in [1.807, 2.05) is 12.1 Å². The van der Waals surface area contributed by atoms with E-state index in [1.165, 1.54) is 12.0 Å². The second-order valence-corrected chi connectivity index (χ2v) is 9.58. The molecule has 2 aliphatic heterocycles. The molecule has 1 saturated heterocycles. The lowest BCUT2D eigenvalue weighted by atomic mass is 9.74. The van der Waals surface area contributed by atoms with Crippen molar-refractivity contribution >= 4 is 0 Å². The van der Waals surface area contributed by atoms with Crippen LogP contribution in [0.25, 0.3) is 0 Å². The minimum atomic E-state index is -1.41. The standard InChI is InChI=1S/C26H32O7/c1-31-19-6-4-17(25-24(30)23(29)22(28)21(14-27)32-25)13-18(19)12-15-3-5-20-16(11-15)7-10-26(33-20)8-2-9-26/h3-6,11,13,21-25,27-30H,2,7-10,12,14H2,1H3/t21-,22-,23+,24-,25?/m1/s1. The Labute approximate surface area is 193 Å². The van der Waals surface area contributed by atoms with Crippen LogP contribution in [0.15, 0.2) is 36.4 Å². The lowest BCUT2D eigenvalue weighted by molar-refractivity contribution is -0.231. The smallest absolute Gasteiger partial charge is 0.123 e. The van der Waals surface area contributed by atoms with Gasteiger partial charge in [0.05, 0.1) is 13.7 Å². The van der Waals surface area contributed by atoms with Gasteiger partial charge in [0.2, 0.25) is 0 Å². The van der Waals surface area contributed by atoms with Crippen LogP contribution in [0.2, 0.25) is 0 Å². The molecule has 1 saturated carbocycles. The number of aliphatic hydroxyl groups excluding tert-OH is 4. The number of hydrogen-bond acceptors (Lipinski definition) is 7. The van der Waals surface area contributed by atoms with E-state index in [4.69, 9.17) is 14.2 Å². The number of rotatable bonds is 5. The predicted octanol–water partition coefficient (Wildman–Crippen LogP) is 2.05. The first-order valence-electron chi connectivity index (χ1n) is 11.7. The van der Waals surface area contributed by atoms with Crippen molar-refractivity contribution in [3.05, 3.63) is 58.7 Å². The summed E-state index contributed by atoms with van der Waals surface area (Å²) < 4.78 is 17.6. The Hall–Kier alpha value is -2.16. The molecule has 2 aromatic carbocycles. The van der Waals surface area contributed by atoms with Gasteiger partial charge in [-0.2, -0.15) is 0 Å². The Morgan fingerprint density at radius 2 is 1.82 bits per heavy atom. The first-order chi connectivity index (χ1) is 15.9. The van der Waals surface area contributed by atoms with Gasteiger partial charge in [-0.15, -0.1) is 0 Å². The van der Waals surface area contributed by atoms with Crippen LogP contribution in [-0.2, 0) is 17.6 Å². The van der Waals surface area contributed by atoms with Crippen LogP contribution in [0.3, 0.4) is 0 Å². The van der Waals surface area contributed by atoms with Gasteiger partial charge < -0.3 is 34.6 Å². The molecule has 1 aliphatic carbocycles. The summed E-state index contributed by atoms with van der Waals surface area (Å²) in [6.45, 7) is -0.455. The number of hydrogen-bond donors (Lipinski definition) is 4. The Morgan fingerprint density at radius 3 is 2.52 bits per heavy atom. The zero-order chi connectivity index (χ0) is 23.2. The largest absolute Gasteiger partial charge is 0.496 e. The molecule has 4 N–H and O–H groups in total. The summed E-state index contributed by atoms with van der Waals surface area (Å²) >= 11 is 0. The number of aryl methyl sites for hydroxylation is 1. The Morgan fingerprint density at radius 1 is 1.00 bits per heavy atom. The third kappa shape index (κ3) is 4.13. The number of ether oxygens (including phenoxy) is 3. The van der Waals surface area contributed by atoms with Crippen molar-refractivity contribution in [1.29, 1.82) is 0 Å². The first-order valence-corrected chi connectivity index (χ1v) is 11.7. The molecular weight excluding hydrogens is 424 g/mol. The van der Waals surface area contributed by atoms with Gasteiger partial charge in [-0.3, -0.25) is 0 Å². The fraction of sp³-hybridized carbons (Fsp3) is 0.538. The summed E-state index contributed by atoms with van der Waals surface area (Å²) in [7, 11) is 1.62. The van der Waals surface area contributed by atoms with E-state index in [9.17, 15) is 20.4 Å². The second kappa shape index (κ2) is 8.89. The molecule has 5 rings (SSSR count). The molecule has 7 heteroatoms. The number of benzene rings is 2. The van der Waals surface area contributed by atoms with E-state index in [1.54, 1.807) is 13.2 Å². The van der Waals surface area contributed by atoms with Crippen molar-refractivity contribution in [3.8, 4) is 11.5 Å². The molecule has 5 atom stereocenters. The molecule has 0 aromatic heterocycles. The van der Waals surface area contributed by atoms with Crippen molar-refractivity contribution < 1.29 is 34.6 Å². The molecule has 3 aliphatic rings. The molecule has 2 heterocycles.